The molecule has 6 nitrogen and oxygen atoms in total. The predicted octanol–water partition coefficient (Wildman–Crippen LogP) is 2.61. The molecular formula is C19H23ClFN5O. The zero-order valence-corrected chi connectivity index (χ0v) is 15.8. The van der Waals surface area contributed by atoms with Crippen molar-refractivity contribution in [3.8, 4) is 0 Å². The van der Waals surface area contributed by atoms with Crippen LogP contribution in [0.5, 0.6) is 0 Å². The third kappa shape index (κ3) is 4.09. The fourth-order valence-electron chi connectivity index (χ4n) is 3.78. The molecule has 1 amide bonds. The minimum atomic E-state index is -0.426. The number of nitrogens with zero attached hydrogens (tertiary/aromatic N) is 3. The number of rotatable bonds is 4. The molecule has 2 unspecified atom stereocenters. The van der Waals surface area contributed by atoms with Gasteiger partial charge in [-0.2, -0.15) is 5.10 Å². The second-order valence-electron chi connectivity index (χ2n) is 7.18. The third-order valence-electron chi connectivity index (χ3n) is 5.28. The number of benzene rings is 1. The molecule has 2 fully saturated rings. The highest BCUT2D eigenvalue weighted by atomic mass is 35.5. The second-order valence-corrected chi connectivity index (χ2v) is 7.59. The topological polar surface area (TPSA) is 62.2 Å². The summed E-state index contributed by atoms with van der Waals surface area (Å²) in [5.41, 5.74) is 1.22. The zero-order valence-electron chi connectivity index (χ0n) is 15.0. The molecule has 2 atom stereocenters. The van der Waals surface area contributed by atoms with E-state index in [2.05, 4.69) is 20.6 Å². The lowest BCUT2D eigenvalue weighted by Crippen LogP contribution is -2.37. The Bertz CT molecular complexity index is 820. The molecule has 0 bridgehead atoms. The molecule has 0 radical (unpaired) electrons. The van der Waals surface area contributed by atoms with Crippen LogP contribution in [0.2, 0.25) is 5.02 Å². The van der Waals surface area contributed by atoms with Gasteiger partial charge in [0.1, 0.15) is 11.5 Å². The summed E-state index contributed by atoms with van der Waals surface area (Å²) in [5, 5.41) is 11.0. The van der Waals surface area contributed by atoms with Gasteiger partial charge in [0, 0.05) is 37.6 Å². The lowest BCUT2D eigenvalue weighted by molar-refractivity contribution is 0.0934. The Morgan fingerprint density at radius 3 is 3.00 bits per heavy atom. The number of hydrogen-bond acceptors (Lipinski definition) is 4. The van der Waals surface area contributed by atoms with Gasteiger partial charge in [-0.05, 0) is 50.1 Å². The van der Waals surface area contributed by atoms with Crippen molar-refractivity contribution >= 4 is 23.2 Å². The van der Waals surface area contributed by atoms with Gasteiger partial charge in [-0.15, -0.1) is 0 Å². The van der Waals surface area contributed by atoms with Gasteiger partial charge in [0.15, 0.2) is 0 Å². The molecule has 2 aromatic rings. The van der Waals surface area contributed by atoms with Crippen LogP contribution in [0.4, 0.5) is 10.1 Å². The van der Waals surface area contributed by atoms with Crippen LogP contribution < -0.4 is 15.5 Å². The van der Waals surface area contributed by atoms with E-state index in [0.717, 1.165) is 44.6 Å². The number of nitrogens with one attached hydrogen (secondary N) is 2. The van der Waals surface area contributed by atoms with E-state index < -0.39 is 5.82 Å². The maximum absolute atomic E-state index is 13.7. The molecule has 3 heterocycles. The third-order valence-corrected chi connectivity index (χ3v) is 5.58. The second kappa shape index (κ2) is 7.86. The summed E-state index contributed by atoms with van der Waals surface area (Å²) < 4.78 is 15.6. The maximum atomic E-state index is 13.7. The number of carbonyl (C=O) groups excluding carboxylic acids is 1. The number of piperidine rings is 1. The van der Waals surface area contributed by atoms with Gasteiger partial charge >= 0.3 is 0 Å². The van der Waals surface area contributed by atoms with Crippen LogP contribution >= 0.6 is 11.6 Å². The van der Waals surface area contributed by atoms with Crippen LogP contribution in [-0.4, -0.2) is 47.9 Å². The molecule has 2 aliphatic heterocycles. The molecule has 27 heavy (non-hydrogen) atoms. The van der Waals surface area contributed by atoms with E-state index in [1.807, 2.05) is 10.9 Å². The Balaban J connectivity index is 1.35. The lowest BCUT2D eigenvalue weighted by atomic mass is 10.1. The van der Waals surface area contributed by atoms with Gasteiger partial charge in [-0.1, -0.05) is 11.6 Å². The van der Waals surface area contributed by atoms with Crippen LogP contribution in [0.15, 0.2) is 30.5 Å². The summed E-state index contributed by atoms with van der Waals surface area (Å²) in [6.45, 7) is 3.33. The quantitative estimate of drug-likeness (QED) is 0.841. The number of halogens is 2. The van der Waals surface area contributed by atoms with Gasteiger partial charge in [0.25, 0.3) is 5.91 Å². The van der Waals surface area contributed by atoms with Crippen LogP contribution in [0, 0.1) is 5.82 Å². The Morgan fingerprint density at radius 2 is 2.22 bits per heavy atom. The molecule has 0 aliphatic carbocycles. The molecule has 2 aliphatic rings. The molecule has 1 aromatic carbocycles. The number of anilines is 1. The van der Waals surface area contributed by atoms with Gasteiger partial charge in [-0.3, -0.25) is 9.48 Å². The summed E-state index contributed by atoms with van der Waals surface area (Å²) in [5.74, 6) is -0.587. The number of amides is 1. The molecule has 2 saturated heterocycles. The van der Waals surface area contributed by atoms with Crippen molar-refractivity contribution in [2.45, 2.75) is 31.3 Å². The van der Waals surface area contributed by atoms with Crippen LogP contribution in [0.25, 0.3) is 0 Å². The number of aromatic nitrogens is 2. The fourth-order valence-corrected chi connectivity index (χ4v) is 3.89. The zero-order chi connectivity index (χ0) is 18.8. The minimum absolute atomic E-state index is 0.0118. The molecule has 0 spiro atoms. The molecule has 1 aromatic heterocycles. The van der Waals surface area contributed by atoms with Gasteiger partial charge in [-0.25, -0.2) is 4.39 Å². The predicted molar refractivity (Wildman–Crippen MR) is 103 cm³/mol. The average Bonchev–Trinajstić information content (AvgIpc) is 3.34. The van der Waals surface area contributed by atoms with Gasteiger partial charge < -0.3 is 15.5 Å². The first-order chi connectivity index (χ1) is 13.1. The van der Waals surface area contributed by atoms with Crippen molar-refractivity contribution < 1.29 is 9.18 Å². The monoisotopic (exact) mass is 391 g/mol. The summed E-state index contributed by atoms with van der Waals surface area (Å²) in [4.78, 5) is 14.6. The average molecular weight is 392 g/mol. The highest BCUT2D eigenvalue weighted by molar-refractivity contribution is 6.30. The number of carbonyl (C=O) groups is 1. The highest BCUT2D eigenvalue weighted by Gasteiger charge is 2.26. The molecule has 4 rings (SSSR count). The normalized spacial score (nSPS) is 22.8. The molecular weight excluding hydrogens is 369 g/mol. The van der Waals surface area contributed by atoms with E-state index in [9.17, 15) is 9.18 Å². The Kier molecular flexibility index (Phi) is 5.31. The largest absolute Gasteiger partial charge is 0.369 e. The SMILES string of the molecule is O=C(NC1CCN(c2ccc(Cl)c(F)c2)C1)c1ccn(C2CCCNC2)n1. The van der Waals surface area contributed by atoms with E-state index in [-0.39, 0.29) is 17.0 Å². The van der Waals surface area contributed by atoms with Crippen molar-refractivity contribution in [1.29, 1.82) is 0 Å². The van der Waals surface area contributed by atoms with E-state index in [4.69, 9.17) is 11.6 Å². The van der Waals surface area contributed by atoms with Crippen molar-refractivity contribution in [2.75, 3.05) is 31.1 Å². The van der Waals surface area contributed by atoms with E-state index in [1.54, 1.807) is 18.2 Å². The van der Waals surface area contributed by atoms with E-state index >= 15 is 0 Å². The van der Waals surface area contributed by atoms with Crippen molar-refractivity contribution in [3.63, 3.8) is 0 Å². The Hall–Kier alpha value is -2.12. The van der Waals surface area contributed by atoms with Crippen LogP contribution in [0.1, 0.15) is 35.8 Å². The fraction of sp³-hybridized carbons (Fsp3) is 0.474. The Labute approximate surface area is 162 Å². The first-order valence-electron chi connectivity index (χ1n) is 9.37. The van der Waals surface area contributed by atoms with Crippen molar-refractivity contribution in [2.24, 2.45) is 0 Å². The van der Waals surface area contributed by atoms with Crippen molar-refractivity contribution in [3.05, 3.63) is 47.0 Å². The molecule has 0 saturated carbocycles. The van der Waals surface area contributed by atoms with Crippen molar-refractivity contribution in [1.82, 2.24) is 20.4 Å². The first-order valence-corrected chi connectivity index (χ1v) is 9.74. The van der Waals surface area contributed by atoms with Crippen LogP contribution in [-0.2, 0) is 0 Å². The van der Waals surface area contributed by atoms with Gasteiger partial charge in [0.05, 0.1) is 11.1 Å². The minimum Gasteiger partial charge on any atom is -0.369 e. The summed E-state index contributed by atoms with van der Waals surface area (Å²) in [6.07, 6.45) is 4.88. The summed E-state index contributed by atoms with van der Waals surface area (Å²) in [6, 6.07) is 6.89. The number of hydrogen-bond donors (Lipinski definition) is 2. The maximum Gasteiger partial charge on any atom is 0.272 e. The molecule has 8 heteroatoms. The van der Waals surface area contributed by atoms with Crippen LogP contribution in [0.3, 0.4) is 0 Å². The first kappa shape index (κ1) is 18.3. The lowest BCUT2D eigenvalue weighted by Gasteiger charge is -2.23. The summed E-state index contributed by atoms with van der Waals surface area (Å²) in [7, 11) is 0. The Morgan fingerprint density at radius 1 is 1.33 bits per heavy atom. The summed E-state index contributed by atoms with van der Waals surface area (Å²) >= 11 is 5.75. The van der Waals surface area contributed by atoms with E-state index in [0.29, 0.717) is 18.3 Å². The molecule has 2 N–H and O–H groups in total. The molecule has 144 valence electrons. The van der Waals surface area contributed by atoms with E-state index in [1.165, 1.54) is 6.07 Å². The highest BCUT2D eigenvalue weighted by Crippen LogP contribution is 2.25. The standard InChI is InChI=1S/C19H23ClFN5O/c20-16-4-3-14(10-17(16)21)25-8-5-13(12-25)23-19(27)18-6-9-26(24-18)15-2-1-7-22-11-15/h3-4,6,9-10,13,15,22H,1-2,5,7-8,11-12H2,(H,23,27). The van der Waals surface area contributed by atoms with Gasteiger partial charge in [0.2, 0.25) is 0 Å². The smallest absolute Gasteiger partial charge is 0.272 e.